The molecule has 0 saturated heterocycles. The molecule has 2 aliphatic rings. The number of alkyl halides is 1. The van der Waals surface area contributed by atoms with Crippen LogP contribution in [-0.4, -0.2) is 15.5 Å². The first-order valence-electron chi connectivity index (χ1n) is 8.70. The van der Waals surface area contributed by atoms with Crippen LogP contribution in [0.3, 0.4) is 0 Å². The van der Waals surface area contributed by atoms with E-state index in [0.717, 1.165) is 24.7 Å². The molecule has 0 aliphatic heterocycles. The Kier molecular flexibility index (Phi) is 5.65. The van der Waals surface area contributed by atoms with Crippen molar-refractivity contribution in [1.29, 1.82) is 0 Å². The van der Waals surface area contributed by atoms with E-state index in [2.05, 4.69) is 43.4 Å². The van der Waals surface area contributed by atoms with Crippen molar-refractivity contribution in [3.05, 3.63) is 0 Å². The molecule has 21 heavy (non-hydrogen) atoms. The van der Waals surface area contributed by atoms with Gasteiger partial charge in [-0.15, -0.1) is 0 Å². The first kappa shape index (κ1) is 17.6. The summed E-state index contributed by atoms with van der Waals surface area (Å²) >= 11 is 2.22. The highest BCUT2D eigenvalue weighted by Crippen LogP contribution is 2.55. The van der Waals surface area contributed by atoms with Gasteiger partial charge in [-0.3, -0.25) is 4.79 Å². The summed E-state index contributed by atoms with van der Waals surface area (Å²) in [6.07, 6.45) is 9.81. The molecule has 4 atom stereocenters. The third-order valence-corrected chi connectivity index (χ3v) is 7.65. The van der Waals surface area contributed by atoms with E-state index in [0.29, 0.717) is 0 Å². The second-order valence-electron chi connectivity index (χ2n) is 7.75. The van der Waals surface area contributed by atoms with Gasteiger partial charge in [0.2, 0.25) is 0 Å². The van der Waals surface area contributed by atoms with Crippen molar-refractivity contribution in [2.24, 2.45) is 17.3 Å². The molecule has 0 aromatic heterocycles. The standard InChI is InChI=1S/C18H31IO2/c1-5-15(19)16(20)21-18(4,6-2)17(3)11-13-8-7-9-14(10-13)12-17/h13-15H,5-12H2,1-4H3. The van der Waals surface area contributed by atoms with Crippen LogP contribution in [0.1, 0.15) is 79.1 Å². The van der Waals surface area contributed by atoms with E-state index in [1.54, 1.807) is 0 Å². The van der Waals surface area contributed by atoms with E-state index >= 15 is 0 Å². The van der Waals surface area contributed by atoms with Crippen LogP contribution in [0, 0.1) is 17.3 Å². The summed E-state index contributed by atoms with van der Waals surface area (Å²) in [4.78, 5) is 12.4. The molecule has 0 heterocycles. The highest BCUT2D eigenvalue weighted by molar-refractivity contribution is 14.1. The number of halogens is 1. The Hall–Kier alpha value is 0.200. The van der Waals surface area contributed by atoms with Gasteiger partial charge in [0.05, 0.1) is 0 Å². The maximum absolute atomic E-state index is 12.4. The summed E-state index contributed by atoms with van der Waals surface area (Å²) in [6, 6.07) is 0. The van der Waals surface area contributed by atoms with Gasteiger partial charge < -0.3 is 4.74 Å². The monoisotopic (exact) mass is 406 g/mol. The van der Waals surface area contributed by atoms with Crippen LogP contribution in [0.2, 0.25) is 0 Å². The van der Waals surface area contributed by atoms with Crippen molar-refractivity contribution < 1.29 is 9.53 Å². The molecule has 3 heteroatoms. The number of hydrogen-bond acceptors (Lipinski definition) is 2. The molecule has 2 rings (SSSR count). The number of fused-ring (bicyclic) bond motifs is 2. The number of esters is 1. The first-order chi connectivity index (χ1) is 9.83. The van der Waals surface area contributed by atoms with Crippen molar-refractivity contribution in [2.75, 3.05) is 0 Å². The van der Waals surface area contributed by atoms with Gasteiger partial charge in [-0.05, 0) is 50.9 Å². The van der Waals surface area contributed by atoms with E-state index in [-0.39, 0.29) is 20.9 Å². The van der Waals surface area contributed by atoms with Crippen molar-refractivity contribution in [2.45, 2.75) is 88.6 Å². The summed E-state index contributed by atoms with van der Waals surface area (Å²) < 4.78 is 6.09. The molecular formula is C18H31IO2. The SMILES string of the molecule is CCC(I)C(=O)OC(C)(CC)C1(C)CC2CCCC(C2)C1. The molecule has 2 nitrogen and oxygen atoms in total. The lowest BCUT2D eigenvalue weighted by Crippen LogP contribution is -2.52. The van der Waals surface area contributed by atoms with Gasteiger partial charge in [0, 0.05) is 5.41 Å². The predicted molar refractivity (Wildman–Crippen MR) is 95.7 cm³/mol. The second-order valence-corrected chi connectivity index (χ2v) is 9.25. The van der Waals surface area contributed by atoms with Gasteiger partial charge in [0.25, 0.3) is 0 Å². The number of ether oxygens (including phenoxy) is 1. The van der Waals surface area contributed by atoms with Gasteiger partial charge in [0.1, 0.15) is 9.53 Å². The molecule has 0 N–H and O–H groups in total. The predicted octanol–water partition coefficient (Wildman–Crippen LogP) is 5.52. The van der Waals surface area contributed by atoms with Gasteiger partial charge >= 0.3 is 5.97 Å². The van der Waals surface area contributed by atoms with Crippen LogP contribution in [0.4, 0.5) is 0 Å². The Bertz CT molecular complexity index is 369. The fraction of sp³-hybridized carbons (Fsp3) is 0.944. The molecule has 0 radical (unpaired) electrons. The molecule has 122 valence electrons. The smallest absolute Gasteiger partial charge is 0.319 e. The quantitative estimate of drug-likeness (QED) is 0.342. The molecule has 0 aromatic rings. The van der Waals surface area contributed by atoms with Gasteiger partial charge in [0.15, 0.2) is 0 Å². The average Bonchev–Trinajstić information content (AvgIpc) is 2.45. The van der Waals surface area contributed by atoms with E-state index in [1.807, 2.05) is 6.92 Å². The zero-order chi connectivity index (χ0) is 15.7. The van der Waals surface area contributed by atoms with Crippen molar-refractivity contribution in [1.82, 2.24) is 0 Å². The molecular weight excluding hydrogens is 375 g/mol. The molecule has 4 unspecified atom stereocenters. The molecule has 0 aromatic carbocycles. The Morgan fingerprint density at radius 1 is 1.33 bits per heavy atom. The van der Waals surface area contributed by atoms with Crippen LogP contribution in [-0.2, 0) is 9.53 Å². The van der Waals surface area contributed by atoms with Crippen LogP contribution < -0.4 is 0 Å². The molecule has 2 saturated carbocycles. The van der Waals surface area contributed by atoms with Crippen LogP contribution in [0.25, 0.3) is 0 Å². The summed E-state index contributed by atoms with van der Waals surface area (Å²) in [5.41, 5.74) is -0.160. The van der Waals surface area contributed by atoms with Gasteiger partial charge in [-0.2, -0.15) is 0 Å². The Balaban J connectivity index is 2.16. The second kappa shape index (κ2) is 6.76. The Morgan fingerprint density at radius 2 is 1.90 bits per heavy atom. The number of carbonyl (C=O) groups excluding carboxylic acids is 1. The molecule has 2 bridgehead atoms. The van der Waals surface area contributed by atoms with E-state index in [4.69, 9.17) is 4.74 Å². The topological polar surface area (TPSA) is 26.3 Å². The summed E-state index contributed by atoms with van der Waals surface area (Å²) in [7, 11) is 0. The fourth-order valence-corrected chi connectivity index (χ4v) is 4.76. The molecule has 2 aliphatic carbocycles. The third kappa shape index (κ3) is 3.59. The number of rotatable bonds is 5. The lowest BCUT2D eigenvalue weighted by molar-refractivity contribution is -0.182. The Labute approximate surface area is 143 Å². The van der Waals surface area contributed by atoms with Gasteiger partial charge in [-0.25, -0.2) is 0 Å². The summed E-state index contributed by atoms with van der Waals surface area (Å²) in [5, 5.41) is 0. The maximum Gasteiger partial charge on any atom is 0.319 e. The zero-order valence-electron chi connectivity index (χ0n) is 14.1. The minimum absolute atomic E-state index is 0.0137. The largest absolute Gasteiger partial charge is 0.458 e. The van der Waals surface area contributed by atoms with Crippen molar-refractivity contribution in [3.63, 3.8) is 0 Å². The van der Waals surface area contributed by atoms with Crippen molar-refractivity contribution >= 4 is 28.6 Å². The number of carbonyl (C=O) groups is 1. The highest BCUT2D eigenvalue weighted by atomic mass is 127. The zero-order valence-corrected chi connectivity index (χ0v) is 16.2. The minimum Gasteiger partial charge on any atom is -0.458 e. The highest BCUT2D eigenvalue weighted by Gasteiger charge is 2.51. The maximum atomic E-state index is 12.4. The molecule has 0 spiro atoms. The van der Waals surface area contributed by atoms with Crippen LogP contribution in [0.5, 0.6) is 0 Å². The summed E-state index contributed by atoms with van der Waals surface area (Å²) in [6.45, 7) is 8.79. The first-order valence-corrected chi connectivity index (χ1v) is 9.95. The lowest BCUT2D eigenvalue weighted by Gasteiger charge is -2.53. The molecule has 0 amide bonds. The third-order valence-electron chi connectivity index (χ3n) is 6.26. The lowest BCUT2D eigenvalue weighted by atomic mass is 9.55. The van der Waals surface area contributed by atoms with E-state index in [9.17, 15) is 4.79 Å². The van der Waals surface area contributed by atoms with Crippen LogP contribution in [0.15, 0.2) is 0 Å². The fourth-order valence-electron chi connectivity index (χ4n) is 4.64. The summed E-state index contributed by atoms with van der Waals surface area (Å²) in [5.74, 6) is 1.70. The Morgan fingerprint density at radius 3 is 2.38 bits per heavy atom. The van der Waals surface area contributed by atoms with Crippen molar-refractivity contribution in [3.8, 4) is 0 Å². The van der Waals surface area contributed by atoms with Gasteiger partial charge in [-0.1, -0.05) is 62.6 Å². The average molecular weight is 406 g/mol. The molecule has 2 fully saturated rings. The van der Waals surface area contributed by atoms with Crippen LogP contribution >= 0.6 is 22.6 Å². The normalized spacial score (nSPS) is 36.6. The van der Waals surface area contributed by atoms with E-state index in [1.165, 1.54) is 38.5 Å². The van der Waals surface area contributed by atoms with E-state index < -0.39 is 0 Å². The number of hydrogen-bond donors (Lipinski definition) is 0. The minimum atomic E-state index is -0.309.